The van der Waals surface area contributed by atoms with Crippen molar-refractivity contribution in [2.75, 3.05) is 6.54 Å². The van der Waals surface area contributed by atoms with Gasteiger partial charge in [0.05, 0.1) is 0 Å². The van der Waals surface area contributed by atoms with Gasteiger partial charge in [0.15, 0.2) is 11.6 Å². The monoisotopic (exact) mass is 273 g/mol. The van der Waals surface area contributed by atoms with Crippen LogP contribution in [0.15, 0.2) is 42.5 Å². The standard InChI is InChI=1S/C17H17F2N/c1-11(12-6-7-16(18)17(19)9-12)20-10-14-8-13-4-2-3-5-15(13)14/h2-7,9,11,14,20H,8,10H2,1H3. The molecule has 0 saturated carbocycles. The van der Waals surface area contributed by atoms with Crippen molar-refractivity contribution in [2.45, 2.75) is 25.3 Å². The Hall–Kier alpha value is -1.74. The van der Waals surface area contributed by atoms with Crippen LogP contribution in [-0.4, -0.2) is 6.54 Å². The van der Waals surface area contributed by atoms with E-state index in [1.165, 1.54) is 23.3 Å². The fourth-order valence-electron chi connectivity index (χ4n) is 2.76. The van der Waals surface area contributed by atoms with Crippen molar-refractivity contribution in [2.24, 2.45) is 0 Å². The predicted molar refractivity (Wildman–Crippen MR) is 75.7 cm³/mol. The van der Waals surface area contributed by atoms with Crippen LogP contribution in [0.4, 0.5) is 8.78 Å². The maximum absolute atomic E-state index is 13.2. The first-order chi connectivity index (χ1) is 9.65. The topological polar surface area (TPSA) is 12.0 Å². The van der Waals surface area contributed by atoms with Crippen molar-refractivity contribution in [3.8, 4) is 0 Å². The molecule has 0 aromatic heterocycles. The smallest absolute Gasteiger partial charge is 0.159 e. The highest BCUT2D eigenvalue weighted by atomic mass is 19.2. The minimum Gasteiger partial charge on any atom is -0.310 e. The molecule has 0 aliphatic heterocycles. The zero-order valence-electron chi connectivity index (χ0n) is 11.4. The third-order valence-electron chi connectivity index (χ3n) is 4.08. The molecule has 1 nitrogen and oxygen atoms in total. The molecule has 1 aliphatic carbocycles. The van der Waals surface area contributed by atoms with Crippen LogP contribution >= 0.6 is 0 Å². The molecule has 2 aromatic carbocycles. The Morgan fingerprint density at radius 2 is 1.95 bits per heavy atom. The van der Waals surface area contributed by atoms with E-state index in [1.807, 2.05) is 6.92 Å². The lowest BCUT2D eigenvalue weighted by Gasteiger charge is -2.31. The van der Waals surface area contributed by atoms with E-state index in [9.17, 15) is 8.78 Å². The van der Waals surface area contributed by atoms with Crippen molar-refractivity contribution < 1.29 is 8.78 Å². The van der Waals surface area contributed by atoms with Crippen LogP contribution in [0.25, 0.3) is 0 Å². The maximum Gasteiger partial charge on any atom is 0.159 e. The molecule has 1 aliphatic rings. The summed E-state index contributed by atoms with van der Waals surface area (Å²) in [7, 11) is 0. The summed E-state index contributed by atoms with van der Waals surface area (Å²) in [6, 6.07) is 12.5. The normalized spacial score (nSPS) is 18.2. The Morgan fingerprint density at radius 1 is 1.15 bits per heavy atom. The number of hydrogen-bond donors (Lipinski definition) is 1. The van der Waals surface area contributed by atoms with Gasteiger partial charge in [-0.3, -0.25) is 0 Å². The van der Waals surface area contributed by atoms with Crippen molar-refractivity contribution in [1.82, 2.24) is 5.32 Å². The number of fused-ring (bicyclic) bond motifs is 1. The van der Waals surface area contributed by atoms with Gasteiger partial charge in [-0.25, -0.2) is 8.78 Å². The third kappa shape index (κ3) is 2.46. The Morgan fingerprint density at radius 3 is 2.70 bits per heavy atom. The van der Waals surface area contributed by atoms with E-state index in [0.717, 1.165) is 18.5 Å². The fraction of sp³-hybridized carbons (Fsp3) is 0.294. The average molecular weight is 273 g/mol. The molecule has 20 heavy (non-hydrogen) atoms. The lowest BCUT2D eigenvalue weighted by Crippen LogP contribution is -2.30. The van der Waals surface area contributed by atoms with Crippen molar-refractivity contribution >= 4 is 0 Å². The van der Waals surface area contributed by atoms with Crippen LogP contribution in [0.5, 0.6) is 0 Å². The third-order valence-corrected chi connectivity index (χ3v) is 4.08. The van der Waals surface area contributed by atoms with E-state index in [2.05, 4.69) is 29.6 Å². The molecule has 2 unspecified atom stereocenters. The molecule has 104 valence electrons. The number of benzene rings is 2. The highest BCUT2D eigenvalue weighted by Gasteiger charge is 2.25. The van der Waals surface area contributed by atoms with Crippen LogP contribution in [0.2, 0.25) is 0 Å². The Balaban J connectivity index is 1.60. The minimum atomic E-state index is -0.797. The summed E-state index contributed by atoms with van der Waals surface area (Å²) in [4.78, 5) is 0. The maximum atomic E-state index is 13.2. The SMILES string of the molecule is CC(NCC1Cc2ccccc21)c1ccc(F)c(F)c1. The molecule has 0 saturated heterocycles. The van der Waals surface area contributed by atoms with Gasteiger partial charge in [0.1, 0.15) is 0 Å². The molecule has 0 fully saturated rings. The zero-order valence-corrected chi connectivity index (χ0v) is 11.4. The van der Waals surface area contributed by atoms with Crippen LogP contribution < -0.4 is 5.32 Å². The number of rotatable bonds is 4. The summed E-state index contributed by atoms with van der Waals surface area (Å²) in [6.07, 6.45) is 1.09. The molecular formula is C17H17F2N. The summed E-state index contributed by atoms with van der Waals surface area (Å²) >= 11 is 0. The first-order valence-corrected chi connectivity index (χ1v) is 6.91. The quantitative estimate of drug-likeness (QED) is 0.889. The van der Waals surface area contributed by atoms with E-state index in [0.29, 0.717) is 5.92 Å². The number of halogens is 2. The van der Waals surface area contributed by atoms with E-state index >= 15 is 0 Å². The summed E-state index contributed by atoms with van der Waals surface area (Å²) in [5.41, 5.74) is 3.59. The molecule has 0 radical (unpaired) electrons. The van der Waals surface area contributed by atoms with Crippen LogP contribution in [0.3, 0.4) is 0 Å². The second-order valence-corrected chi connectivity index (χ2v) is 5.40. The number of nitrogens with one attached hydrogen (secondary N) is 1. The molecule has 3 rings (SSSR count). The Bertz CT molecular complexity index is 624. The molecular weight excluding hydrogens is 256 g/mol. The first kappa shape index (κ1) is 13.3. The van der Waals surface area contributed by atoms with E-state index in [-0.39, 0.29) is 6.04 Å². The molecule has 0 spiro atoms. The lowest BCUT2D eigenvalue weighted by atomic mass is 9.77. The summed E-state index contributed by atoms with van der Waals surface area (Å²) in [5, 5.41) is 3.40. The molecule has 1 N–H and O–H groups in total. The molecule has 2 atom stereocenters. The molecule has 3 heteroatoms. The predicted octanol–water partition coefficient (Wildman–Crippen LogP) is 3.96. The van der Waals surface area contributed by atoms with Crippen molar-refractivity contribution in [3.05, 3.63) is 70.8 Å². The van der Waals surface area contributed by atoms with E-state index in [4.69, 9.17) is 0 Å². The summed E-state index contributed by atoms with van der Waals surface area (Å²) in [6.45, 7) is 2.83. The highest BCUT2D eigenvalue weighted by Crippen LogP contribution is 2.34. The second kappa shape index (κ2) is 5.33. The summed E-state index contributed by atoms with van der Waals surface area (Å²) < 4.78 is 26.1. The van der Waals surface area contributed by atoms with Gasteiger partial charge in [-0.1, -0.05) is 30.3 Å². The van der Waals surface area contributed by atoms with Crippen molar-refractivity contribution in [1.29, 1.82) is 0 Å². The fourth-order valence-corrected chi connectivity index (χ4v) is 2.76. The van der Waals surface area contributed by atoms with Gasteiger partial charge in [0.2, 0.25) is 0 Å². The van der Waals surface area contributed by atoms with Gasteiger partial charge >= 0.3 is 0 Å². The Labute approximate surface area is 117 Å². The zero-order chi connectivity index (χ0) is 14.1. The Kier molecular flexibility index (Phi) is 3.53. The van der Waals surface area contributed by atoms with Crippen LogP contribution in [0.1, 0.15) is 35.6 Å². The largest absolute Gasteiger partial charge is 0.310 e. The van der Waals surface area contributed by atoms with E-state index in [1.54, 1.807) is 6.07 Å². The second-order valence-electron chi connectivity index (χ2n) is 5.40. The van der Waals surface area contributed by atoms with Gasteiger partial charge < -0.3 is 5.32 Å². The molecule has 0 bridgehead atoms. The average Bonchev–Trinajstić information content (AvgIpc) is 2.42. The van der Waals surface area contributed by atoms with Gasteiger partial charge in [-0.2, -0.15) is 0 Å². The summed E-state index contributed by atoms with van der Waals surface area (Å²) in [5.74, 6) is -1.06. The first-order valence-electron chi connectivity index (χ1n) is 6.91. The molecule has 0 heterocycles. The highest BCUT2D eigenvalue weighted by molar-refractivity contribution is 5.40. The van der Waals surface area contributed by atoms with Gasteiger partial charge in [-0.15, -0.1) is 0 Å². The molecule has 0 amide bonds. The van der Waals surface area contributed by atoms with E-state index < -0.39 is 11.6 Å². The van der Waals surface area contributed by atoms with Gasteiger partial charge in [0, 0.05) is 18.5 Å². The van der Waals surface area contributed by atoms with Crippen molar-refractivity contribution in [3.63, 3.8) is 0 Å². The lowest BCUT2D eigenvalue weighted by molar-refractivity contribution is 0.479. The molecule has 2 aromatic rings. The minimum absolute atomic E-state index is 0.0119. The van der Waals surface area contributed by atoms with Crippen LogP contribution in [0, 0.1) is 11.6 Å². The van der Waals surface area contributed by atoms with Gasteiger partial charge in [-0.05, 0) is 42.2 Å². The van der Waals surface area contributed by atoms with Crippen LogP contribution in [-0.2, 0) is 6.42 Å². The van der Waals surface area contributed by atoms with Gasteiger partial charge in [0.25, 0.3) is 0 Å². The number of hydrogen-bond acceptors (Lipinski definition) is 1.